The first-order chi connectivity index (χ1) is 12.8. The molecule has 0 aromatic heterocycles. The lowest BCUT2D eigenvalue weighted by Gasteiger charge is -2.13. The highest BCUT2D eigenvalue weighted by molar-refractivity contribution is 6.36. The molecule has 138 valence electrons. The maximum Gasteiger partial charge on any atom is 0.278 e. The van der Waals surface area contributed by atoms with Crippen molar-refractivity contribution in [1.29, 1.82) is 0 Å². The Morgan fingerprint density at radius 3 is 2.30 bits per heavy atom. The number of carbonyl (C=O) groups excluding carboxylic acids is 2. The van der Waals surface area contributed by atoms with E-state index in [0.717, 1.165) is 33.5 Å². The van der Waals surface area contributed by atoms with E-state index >= 15 is 0 Å². The molecule has 0 atom stereocenters. The van der Waals surface area contributed by atoms with Gasteiger partial charge in [0.25, 0.3) is 11.8 Å². The molecule has 4 nitrogen and oxygen atoms in total. The molecule has 0 fully saturated rings. The minimum Gasteiger partial charge on any atom is -0.350 e. The summed E-state index contributed by atoms with van der Waals surface area (Å²) >= 11 is 0. The summed E-state index contributed by atoms with van der Waals surface area (Å²) in [5, 5.41) is 3.22. The quantitative estimate of drug-likeness (QED) is 0.639. The highest BCUT2D eigenvalue weighted by atomic mass is 16.2. The molecule has 1 N–H and O–H groups in total. The lowest BCUT2D eigenvalue weighted by molar-refractivity contribution is -0.136. The van der Waals surface area contributed by atoms with Gasteiger partial charge in [-0.05, 0) is 56.0 Å². The third kappa shape index (κ3) is 3.43. The molecule has 4 heteroatoms. The van der Waals surface area contributed by atoms with Gasteiger partial charge >= 0.3 is 0 Å². The van der Waals surface area contributed by atoms with Gasteiger partial charge in [-0.1, -0.05) is 42.0 Å². The maximum absolute atomic E-state index is 13.0. The fourth-order valence-electron chi connectivity index (χ4n) is 3.24. The van der Waals surface area contributed by atoms with E-state index in [1.54, 1.807) is 6.08 Å². The Bertz CT molecular complexity index is 986. The predicted molar refractivity (Wildman–Crippen MR) is 109 cm³/mol. The van der Waals surface area contributed by atoms with Crippen LogP contribution >= 0.6 is 0 Å². The molecule has 2 amide bonds. The van der Waals surface area contributed by atoms with Gasteiger partial charge < -0.3 is 5.32 Å². The summed E-state index contributed by atoms with van der Waals surface area (Å²) in [5.41, 5.74) is 6.67. The molecule has 0 unspecified atom stereocenters. The first kappa shape index (κ1) is 18.6. The van der Waals surface area contributed by atoms with Crippen LogP contribution in [-0.4, -0.2) is 23.3 Å². The Kier molecular flexibility index (Phi) is 5.00. The first-order valence-electron chi connectivity index (χ1n) is 8.96. The summed E-state index contributed by atoms with van der Waals surface area (Å²) in [7, 11) is 0. The van der Waals surface area contributed by atoms with Crippen LogP contribution < -0.4 is 5.32 Å². The first-order valence-corrected chi connectivity index (χ1v) is 8.96. The van der Waals surface area contributed by atoms with Crippen molar-refractivity contribution >= 4 is 23.1 Å². The van der Waals surface area contributed by atoms with Gasteiger partial charge in [0, 0.05) is 12.2 Å². The van der Waals surface area contributed by atoms with E-state index in [-0.39, 0.29) is 18.4 Å². The Hall–Kier alpha value is -3.14. The fourth-order valence-corrected chi connectivity index (χ4v) is 3.24. The normalized spacial score (nSPS) is 14.1. The van der Waals surface area contributed by atoms with Crippen LogP contribution in [0.1, 0.15) is 27.8 Å². The number of aryl methyl sites for hydroxylation is 4. The minimum absolute atomic E-state index is 0.185. The predicted octanol–water partition coefficient (Wildman–Crippen LogP) is 4.30. The number of imide groups is 1. The van der Waals surface area contributed by atoms with Gasteiger partial charge in [-0.25, -0.2) is 0 Å². The van der Waals surface area contributed by atoms with Crippen molar-refractivity contribution in [1.82, 2.24) is 4.90 Å². The number of rotatable bonds is 5. The summed E-state index contributed by atoms with van der Waals surface area (Å²) in [6.45, 7) is 11.9. The highest BCUT2D eigenvalue weighted by Gasteiger charge is 2.38. The molecule has 2 aromatic carbocycles. The second kappa shape index (κ2) is 7.23. The van der Waals surface area contributed by atoms with Crippen molar-refractivity contribution in [3.05, 3.63) is 82.6 Å². The molecular formula is C23H24N2O2. The lowest BCUT2D eigenvalue weighted by Crippen LogP contribution is -2.32. The molecule has 3 rings (SSSR count). The second-order valence-corrected chi connectivity index (χ2v) is 7.00. The molecule has 0 spiro atoms. The second-order valence-electron chi connectivity index (χ2n) is 7.00. The molecule has 2 aromatic rings. The lowest BCUT2D eigenvalue weighted by atomic mass is 9.99. The van der Waals surface area contributed by atoms with Crippen molar-refractivity contribution < 1.29 is 9.59 Å². The SMILES string of the molecule is C=CCN1C(=O)C(Nc2ccc(C)cc2C)=C(c2ccc(C)c(C)c2)C1=O. The highest BCUT2D eigenvalue weighted by Crippen LogP contribution is 2.32. The van der Waals surface area contributed by atoms with E-state index in [4.69, 9.17) is 0 Å². The van der Waals surface area contributed by atoms with Gasteiger partial charge in [0.15, 0.2) is 0 Å². The van der Waals surface area contributed by atoms with E-state index in [0.29, 0.717) is 11.3 Å². The number of amides is 2. The summed E-state index contributed by atoms with van der Waals surface area (Å²) < 4.78 is 0. The van der Waals surface area contributed by atoms with E-state index in [2.05, 4.69) is 11.9 Å². The summed E-state index contributed by atoms with van der Waals surface area (Å²) in [4.78, 5) is 27.2. The van der Waals surface area contributed by atoms with Crippen LogP contribution in [0.4, 0.5) is 5.69 Å². The number of anilines is 1. The minimum atomic E-state index is -0.326. The molecule has 0 radical (unpaired) electrons. The van der Waals surface area contributed by atoms with Crippen LogP contribution in [0.15, 0.2) is 54.8 Å². The van der Waals surface area contributed by atoms with Gasteiger partial charge in [-0.15, -0.1) is 6.58 Å². The van der Waals surface area contributed by atoms with E-state index < -0.39 is 0 Å². The van der Waals surface area contributed by atoms with Crippen LogP contribution in [0, 0.1) is 27.7 Å². The molecule has 1 aliphatic heterocycles. The van der Waals surface area contributed by atoms with Crippen molar-refractivity contribution in [3.8, 4) is 0 Å². The topological polar surface area (TPSA) is 49.4 Å². The average Bonchev–Trinajstić information content (AvgIpc) is 2.84. The van der Waals surface area contributed by atoms with Crippen molar-refractivity contribution in [2.24, 2.45) is 0 Å². The van der Waals surface area contributed by atoms with Crippen molar-refractivity contribution in [2.75, 3.05) is 11.9 Å². The van der Waals surface area contributed by atoms with Gasteiger partial charge in [0.2, 0.25) is 0 Å². The smallest absolute Gasteiger partial charge is 0.278 e. The molecule has 1 heterocycles. The van der Waals surface area contributed by atoms with Crippen LogP contribution in [0.25, 0.3) is 5.57 Å². The molecule has 27 heavy (non-hydrogen) atoms. The number of nitrogens with zero attached hydrogens (tertiary/aromatic N) is 1. The van der Waals surface area contributed by atoms with Crippen LogP contribution in [-0.2, 0) is 9.59 Å². The molecule has 0 saturated carbocycles. The van der Waals surface area contributed by atoms with Crippen LogP contribution in [0.2, 0.25) is 0 Å². The number of nitrogens with one attached hydrogen (secondary N) is 1. The zero-order chi connectivity index (χ0) is 19.7. The molecule has 1 aliphatic rings. The van der Waals surface area contributed by atoms with Gasteiger partial charge in [0.1, 0.15) is 5.70 Å². The maximum atomic E-state index is 13.0. The van der Waals surface area contributed by atoms with Crippen LogP contribution in [0.5, 0.6) is 0 Å². The molecule has 0 saturated heterocycles. The fraction of sp³-hybridized carbons (Fsp3) is 0.217. The molecule has 0 aliphatic carbocycles. The van der Waals surface area contributed by atoms with E-state index in [1.807, 2.05) is 64.1 Å². The summed E-state index contributed by atoms with van der Waals surface area (Å²) in [6.07, 6.45) is 1.56. The monoisotopic (exact) mass is 360 g/mol. The Morgan fingerprint density at radius 1 is 0.926 bits per heavy atom. The van der Waals surface area contributed by atoms with Gasteiger partial charge in [0.05, 0.1) is 5.57 Å². The number of hydrogen-bond donors (Lipinski definition) is 1. The Labute approximate surface area is 160 Å². The van der Waals surface area contributed by atoms with Gasteiger partial charge in [-0.2, -0.15) is 0 Å². The number of hydrogen-bond acceptors (Lipinski definition) is 3. The third-order valence-corrected chi connectivity index (χ3v) is 4.92. The Balaban J connectivity index is 2.13. The van der Waals surface area contributed by atoms with Crippen molar-refractivity contribution in [3.63, 3.8) is 0 Å². The van der Waals surface area contributed by atoms with E-state index in [9.17, 15) is 9.59 Å². The molecule has 0 bridgehead atoms. The summed E-state index contributed by atoms with van der Waals surface area (Å²) in [5.74, 6) is -0.622. The van der Waals surface area contributed by atoms with Crippen LogP contribution in [0.3, 0.4) is 0 Å². The Morgan fingerprint density at radius 2 is 1.67 bits per heavy atom. The third-order valence-electron chi connectivity index (χ3n) is 4.92. The number of carbonyl (C=O) groups is 2. The number of benzene rings is 2. The standard InChI is InChI=1S/C23H24N2O2/c1-6-11-25-22(26)20(18-9-8-15(3)16(4)13-18)21(23(25)27)24-19-10-7-14(2)12-17(19)5/h6-10,12-13,24H,1,11H2,2-5H3. The molecular weight excluding hydrogens is 336 g/mol. The average molecular weight is 360 g/mol. The van der Waals surface area contributed by atoms with Crippen molar-refractivity contribution in [2.45, 2.75) is 27.7 Å². The zero-order valence-corrected chi connectivity index (χ0v) is 16.2. The largest absolute Gasteiger partial charge is 0.350 e. The van der Waals surface area contributed by atoms with E-state index in [1.165, 1.54) is 4.90 Å². The summed E-state index contributed by atoms with van der Waals surface area (Å²) in [6, 6.07) is 11.8. The van der Waals surface area contributed by atoms with Gasteiger partial charge in [-0.3, -0.25) is 14.5 Å². The zero-order valence-electron chi connectivity index (χ0n) is 16.2.